The summed E-state index contributed by atoms with van der Waals surface area (Å²) in [6, 6.07) is 5.92. The average molecular weight is 330 g/mol. The van der Waals surface area contributed by atoms with Crippen LogP contribution >= 0.6 is 45.7 Å². The highest BCUT2D eigenvalue weighted by molar-refractivity contribution is 8.93. The van der Waals surface area contributed by atoms with Gasteiger partial charge in [-0.25, -0.2) is 0 Å². The maximum Gasteiger partial charge on any atom is 0.0503 e. The van der Waals surface area contributed by atoms with Gasteiger partial charge in [0, 0.05) is 17.3 Å². The minimum Gasteiger partial charge on any atom is -0.320 e. The SMILES string of the molecule is Br.Br.CC(N)SCc1ccccn1. The Morgan fingerprint density at radius 2 is 2.15 bits per heavy atom. The highest BCUT2D eigenvalue weighted by Gasteiger charge is 1.95. The van der Waals surface area contributed by atoms with Crippen LogP contribution in [0.3, 0.4) is 0 Å². The second-order valence-electron chi connectivity index (χ2n) is 2.34. The molecule has 1 atom stereocenters. The normalized spacial score (nSPS) is 10.9. The van der Waals surface area contributed by atoms with Gasteiger partial charge in [0.25, 0.3) is 0 Å². The first-order valence-corrected chi connectivity index (χ1v) is 4.61. The van der Waals surface area contributed by atoms with E-state index in [1.54, 1.807) is 18.0 Å². The molecule has 0 fully saturated rings. The molecule has 0 aliphatic heterocycles. The number of hydrogen-bond acceptors (Lipinski definition) is 3. The topological polar surface area (TPSA) is 38.9 Å². The maximum atomic E-state index is 5.58. The Hall–Kier alpha value is 0.420. The summed E-state index contributed by atoms with van der Waals surface area (Å²) in [6.07, 6.45) is 1.80. The van der Waals surface area contributed by atoms with Crippen molar-refractivity contribution in [1.29, 1.82) is 0 Å². The molecular weight excluding hydrogens is 316 g/mol. The molecule has 1 unspecified atom stereocenters. The van der Waals surface area contributed by atoms with Crippen LogP contribution in [0.2, 0.25) is 0 Å². The van der Waals surface area contributed by atoms with E-state index in [9.17, 15) is 0 Å². The Balaban J connectivity index is 0. The summed E-state index contributed by atoms with van der Waals surface area (Å²) < 4.78 is 0. The van der Waals surface area contributed by atoms with Crippen molar-refractivity contribution in [2.24, 2.45) is 5.73 Å². The van der Waals surface area contributed by atoms with Gasteiger partial charge in [-0.3, -0.25) is 4.98 Å². The minimum absolute atomic E-state index is 0. The van der Waals surface area contributed by atoms with Crippen LogP contribution < -0.4 is 5.73 Å². The summed E-state index contributed by atoms with van der Waals surface area (Å²) in [5.41, 5.74) is 6.67. The minimum atomic E-state index is 0. The molecule has 0 aliphatic carbocycles. The number of nitrogens with two attached hydrogens (primary N) is 1. The van der Waals surface area contributed by atoms with Crippen molar-refractivity contribution in [3.63, 3.8) is 0 Å². The highest BCUT2D eigenvalue weighted by Crippen LogP contribution is 2.11. The molecule has 13 heavy (non-hydrogen) atoms. The number of nitrogens with zero attached hydrogens (tertiary/aromatic N) is 1. The van der Waals surface area contributed by atoms with Crippen LogP contribution in [0.1, 0.15) is 12.6 Å². The number of rotatable bonds is 3. The molecule has 1 aromatic rings. The Labute approximate surface area is 104 Å². The van der Waals surface area contributed by atoms with Crippen molar-refractivity contribution in [3.8, 4) is 0 Å². The molecule has 0 spiro atoms. The molecule has 1 rings (SSSR count). The summed E-state index contributed by atoms with van der Waals surface area (Å²) in [6.45, 7) is 1.98. The fourth-order valence-electron chi connectivity index (χ4n) is 0.700. The van der Waals surface area contributed by atoms with E-state index in [0.29, 0.717) is 0 Å². The summed E-state index contributed by atoms with van der Waals surface area (Å²) in [4.78, 5) is 4.17. The van der Waals surface area contributed by atoms with Gasteiger partial charge in [0.15, 0.2) is 0 Å². The number of pyridine rings is 1. The van der Waals surface area contributed by atoms with Crippen LogP contribution in [-0.4, -0.2) is 10.4 Å². The number of halogens is 2. The van der Waals surface area contributed by atoms with Gasteiger partial charge in [-0.1, -0.05) is 6.07 Å². The lowest BCUT2D eigenvalue weighted by Gasteiger charge is -2.02. The van der Waals surface area contributed by atoms with Gasteiger partial charge in [0.1, 0.15) is 0 Å². The first-order chi connectivity index (χ1) is 5.29. The van der Waals surface area contributed by atoms with Crippen LogP contribution in [0, 0.1) is 0 Å². The van der Waals surface area contributed by atoms with Crippen molar-refractivity contribution in [3.05, 3.63) is 30.1 Å². The van der Waals surface area contributed by atoms with Gasteiger partial charge >= 0.3 is 0 Å². The molecule has 0 saturated carbocycles. The predicted molar refractivity (Wildman–Crippen MR) is 69.8 cm³/mol. The van der Waals surface area contributed by atoms with Gasteiger partial charge in [0.05, 0.1) is 5.69 Å². The van der Waals surface area contributed by atoms with E-state index < -0.39 is 0 Å². The van der Waals surface area contributed by atoms with Crippen LogP contribution in [0.5, 0.6) is 0 Å². The first-order valence-electron chi connectivity index (χ1n) is 3.56. The standard InChI is InChI=1S/C8H12N2S.2BrH/c1-7(9)11-6-8-4-2-3-5-10-8;;/h2-5,7H,6,9H2,1H3;2*1H. The van der Waals surface area contributed by atoms with Crippen molar-refractivity contribution >= 4 is 45.7 Å². The molecule has 0 aromatic carbocycles. The molecule has 2 nitrogen and oxygen atoms in total. The zero-order valence-electron chi connectivity index (χ0n) is 7.34. The Kier molecular flexibility index (Phi) is 11.0. The number of aromatic nitrogens is 1. The lowest BCUT2D eigenvalue weighted by molar-refractivity contribution is 1.04. The van der Waals surface area contributed by atoms with E-state index in [0.717, 1.165) is 11.4 Å². The molecule has 2 N–H and O–H groups in total. The van der Waals surface area contributed by atoms with Gasteiger partial charge in [-0.2, -0.15) is 0 Å². The van der Waals surface area contributed by atoms with Gasteiger partial charge in [-0.15, -0.1) is 45.7 Å². The third kappa shape index (κ3) is 7.49. The zero-order chi connectivity index (χ0) is 8.10. The summed E-state index contributed by atoms with van der Waals surface area (Å²) >= 11 is 1.70. The van der Waals surface area contributed by atoms with Crippen molar-refractivity contribution in [2.45, 2.75) is 18.1 Å². The van der Waals surface area contributed by atoms with Crippen molar-refractivity contribution in [1.82, 2.24) is 4.98 Å². The van der Waals surface area contributed by atoms with E-state index >= 15 is 0 Å². The smallest absolute Gasteiger partial charge is 0.0503 e. The number of hydrogen-bond donors (Lipinski definition) is 1. The first kappa shape index (κ1) is 15.9. The largest absolute Gasteiger partial charge is 0.320 e. The molecular formula is C8H14Br2N2S. The molecule has 5 heteroatoms. The second-order valence-corrected chi connectivity index (χ2v) is 3.70. The molecule has 76 valence electrons. The molecule has 1 aromatic heterocycles. The maximum absolute atomic E-state index is 5.58. The highest BCUT2D eigenvalue weighted by atomic mass is 79.9. The van der Waals surface area contributed by atoms with Crippen molar-refractivity contribution < 1.29 is 0 Å². The van der Waals surface area contributed by atoms with Crippen LogP contribution in [0.25, 0.3) is 0 Å². The summed E-state index contributed by atoms with van der Waals surface area (Å²) in [5, 5.41) is 0.192. The summed E-state index contributed by atoms with van der Waals surface area (Å²) in [5.74, 6) is 0.901. The molecule has 0 amide bonds. The van der Waals surface area contributed by atoms with E-state index in [2.05, 4.69) is 4.98 Å². The Bertz CT molecular complexity index is 207. The van der Waals surface area contributed by atoms with Crippen LogP contribution in [-0.2, 0) is 5.75 Å². The Morgan fingerprint density at radius 1 is 1.46 bits per heavy atom. The van der Waals surface area contributed by atoms with Crippen LogP contribution in [0.4, 0.5) is 0 Å². The monoisotopic (exact) mass is 328 g/mol. The average Bonchev–Trinajstić information content (AvgIpc) is 2.03. The fraction of sp³-hybridized carbons (Fsp3) is 0.375. The van der Waals surface area contributed by atoms with E-state index in [-0.39, 0.29) is 39.3 Å². The van der Waals surface area contributed by atoms with Gasteiger partial charge < -0.3 is 5.73 Å². The Morgan fingerprint density at radius 3 is 2.62 bits per heavy atom. The molecule has 0 aliphatic rings. The zero-order valence-corrected chi connectivity index (χ0v) is 11.6. The predicted octanol–water partition coefficient (Wildman–Crippen LogP) is 2.78. The quantitative estimate of drug-likeness (QED) is 0.867. The third-order valence-corrected chi connectivity index (χ3v) is 2.21. The summed E-state index contributed by atoms with van der Waals surface area (Å²) in [7, 11) is 0. The van der Waals surface area contributed by atoms with Gasteiger partial charge in [0.2, 0.25) is 0 Å². The van der Waals surface area contributed by atoms with Gasteiger partial charge in [-0.05, 0) is 19.1 Å². The second kappa shape index (κ2) is 8.99. The lowest BCUT2D eigenvalue weighted by atomic mass is 10.4. The molecule has 0 radical (unpaired) electrons. The molecule has 1 heterocycles. The van der Waals surface area contributed by atoms with E-state index in [1.807, 2.05) is 25.1 Å². The lowest BCUT2D eigenvalue weighted by Crippen LogP contribution is -2.09. The molecule has 0 saturated heterocycles. The third-order valence-electron chi connectivity index (χ3n) is 1.22. The number of thioether (sulfide) groups is 1. The molecule has 0 bridgehead atoms. The van der Waals surface area contributed by atoms with E-state index in [1.165, 1.54) is 0 Å². The fourth-order valence-corrected chi connectivity index (χ4v) is 1.30. The van der Waals surface area contributed by atoms with E-state index in [4.69, 9.17) is 5.73 Å². The van der Waals surface area contributed by atoms with Crippen LogP contribution in [0.15, 0.2) is 24.4 Å². The van der Waals surface area contributed by atoms with Crippen molar-refractivity contribution in [2.75, 3.05) is 0 Å².